The van der Waals surface area contributed by atoms with Crippen LogP contribution in [0.5, 0.6) is 0 Å². The second kappa shape index (κ2) is 9.82. The number of aromatic nitrogens is 3. The maximum Gasteiger partial charge on any atom is 0.225 e. The number of aliphatic hydroxyl groups is 1. The van der Waals surface area contributed by atoms with E-state index >= 15 is 0 Å². The van der Waals surface area contributed by atoms with E-state index < -0.39 is 0 Å². The van der Waals surface area contributed by atoms with Gasteiger partial charge in [0.25, 0.3) is 0 Å². The molecule has 1 saturated carbocycles. The van der Waals surface area contributed by atoms with Gasteiger partial charge < -0.3 is 19.8 Å². The first-order valence-corrected chi connectivity index (χ1v) is 15.5. The fourth-order valence-electron chi connectivity index (χ4n) is 6.90. The molecule has 216 valence electrons. The van der Waals surface area contributed by atoms with Gasteiger partial charge in [0.1, 0.15) is 16.6 Å². The van der Waals surface area contributed by atoms with Crippen molar-refractivity contribution < 1.29 is 9.90 Å². The number of fused-ring (bicyclic) bond motifs is 1. The van der Waals surface area contributed by atoms with Crippen LogP contribution < -0.4 is 9.80 Å². The third-order valence-electron chi connectivity index (χ3n) is 9.24. The average Bonchev–Trinajstić information content (AvgIpc) is 3.52. The third kappa shape index (κ3) is 4.26. The Morgan fingerprint density at radius 3 is 2.55 bits per heavy atom. The van der Waals surface area contributed by atoms with Gasteiger partial charge in [0.2, 0.25) is 5.91 Å². The van der Waals surface area contributed by atoms with Crippen LogP contribution in [0.1, 0.15) is 41.6 Å². The lowest BCUT2D eigenvalue weighted by molar-refractivity contribution is -0.154. The number of anilines is 3. The van der Waals surface area contributed by atoms with Crippen LogP contribution in [0.2, 0.25) is 0 Å². The largest absolute Gasteiger partial charge is 0.389 e. The maximum atomic E-state index is 12.7. The van der Waals surface area contributed by atoms with Crippen LogP contribution >= 0.6 is 11.3 Å². The van der Waals surface area contributed by atoms with Gasteiger partial charge in [-0.15, -0.1) is 0 Å². The SMILES string of the molecule is CCc1nn2c(C)cc(N3CC4(CC(C(=O)N5CC(O)C5)C4)C3)cc2c1N(C)c1nc(-c2ccc(C)cc2)c(C#N)s1. The number of thiazole rings is 1. The van der Waals surface area contributed by atoms with Crippen LogP contribution in [-0.2, 0) is 11.2 Å². The summed E-state index contributed by atoms with van der Waals surface area (Å²) in [7, 11) is 2.01. The summed E-state index contributed by atoms with van der Waals surface area (Å²) in [6, 6.07) is 14.9. The summed E-state index contributed by atoms with van der Waals surface area (Å²) in [5.41, 5.74) is 8.29. The zero-order chi connectivity index (χ0) is 29.3. The van der Waals surface area contributed by atoms with Crippen molar-refractivity contribution in [3.05, 3.63) is 58.2 Å². The molecule has 0 atom stereocenters. The minimum absolute atomic E-state index is 0.104. The summed E-state index contributed by atoms with van der Waals surface area (Å²) in [4.78, 5) is 24.5. The molecule has 7 rings (SSSR count). The first-order chi connectivity index (χ1) is 20.2. The Hall–Kier alpha value is -3.94. The van der Waals surface area contributed by atoms with Crippen LogP contribution in [0.3, 0.4) is 0 Å². The van der Waals surface area contributed by atoms with E-state index in [9.17, 15) is 15.2 Å². The Morgan fingerprint density at radius 1 is 1.19 bits per heavy atom. The van der Waals surface area contributed by atoms with Crippen LogP contribution in [0.15, 0.2) is 36.4 Å². The van der Waals surface area contributed by atoms with Crippen LogP contribution in [0.25, 0.3) is 16.8 Å². The van der Waals surface area contributed by atoms with Gasteiger partial charge in [-0.25, -0.2) is 9.50 Å². The molecule has 2 aliphatic heterocycles. The Morgan fingerprint density at radius 2 is 1.90 bits per heavy atom. The van der Waals surface area contributed by atoms with E-state index in [0.29, 0.717) is 23.7 Å². The minimum atomic E-state index is -0.347. The number of hydrogen-bond acceptors (Lipinski definition) is 8. The molecule has 10 heteroatoms. The summed E-state index contributed by atoms with van der Waals surface area (Å²) < 4.78 is 2.02. The molecule has 0 radical (unpaired) electrons. The summed E-state index contributed by atoms with van der Waals surface area (Å²) in [6.45, 7) is 9.13. The van der Waals surface area contributed by atoms with Gasteiger partial charge in [-0.05, 0) is 45.2 Å². The van der Waals surface area contributed by atoms with Crippen molar-refractivity contribution in [2.45, 2.75) is 46.1 Å². The molecule has 1 aliphatic carbocycles. The molecule has 1 amide bonds. The highest BCUT2D eigenvalue weighted by molar-refractivity contribution is 7.16. The molecule has 3 aromatic heterocycles. The molecule has 1 spiro atoms. The number of carbonyl (C=O) groups excluding carboxylic acids is 1. The van der Waals surface area contributed by atoms with E-state index in [1.807, 2.05) is 42.8 Å². The zero-order valence-corrected chi connectivity index (χ0v) is 25.3. The second-order valence-corrected chi connectivity index (χ2v) is 13.3. The van der Waals surface area contributed by atoms with Crippen molar-refractivity contribution >= 4 is 39.3 Å². The number of likely N-dealkylation sites (tertiary alicyclic amines) is 1. The molecule has 2 saturated heterocycles. The maximum absolute atomic E-state index is 12.7. The fraction of sp³-hybridized carbons (Fsp3) is 0.438. The van der Waals surface area contributed by atoms with E-state index in [1.54, 1.807) is 4.90 Å². The predicted molar refractivity (Wildman–Crippen MR) is 164 cm³/mol. The quantitative estimate of drug-likeness (QED) is 0.352. The minimum Gasteiger partial charge on any atom is -0.389 e. The Balaban J connectivity index is 1.15. The number of hydrogen-bond donors (Lipinski definition) is 1. The van der Waals surface area contributed by atoms with E-state index in [0.717, 1.165) is 65.6 Å². The van der Waals surface area contributed by atoms with Gasteiger partial charge in [-0.2, -0.15) is 10.4 Å². The van der Waals surface area contributed by atoms with Crippen LogP contribution in [0, 0.1) is 36.5 Å². The summed E-state index contributed by atoms with van der Waals surface area (Å²) in [6.07, 6.45) is 2.30. The normalized spacial score (nSPS) is 18.1. The molecule has 1 aromatic carbocycles. The van der Waals surface area contributed by atoms with Gasteiger partial charge in [0.15, 0.2) is 5.13 Å². The topological polar surface area (TPSA) is 101 Å². The molecule has 0 bridgehead atoms. The first-order valence-electron chi connectivity index (χ1n) is 14.6. The molecular weight excluding hydrogens is 546 g/mol. The lowest BCUT2D eigenvalue weighted by Crippen LogP contribution is -2.66. The summed E-state index contributed by atoms with van der Waals surface area (Å²) in [5, 5.41) is 25.2. The fourth-order valence-corrected chi connectivity index (χ4v) is 7.75. The lowest BCUT2D eigenvalue weighted by atomic mass is 9.57. The van der Waals surface area contributed by atoms with Crippen molar-refractivity contribution in [3.63, 3.8) is 0 Å². The van der Waals surface area contributed by atoms with Gasteiger partial charge in [-0.3, -0.25) is 4.79 Å². The lowest BCUT2D eigenvalue weighted by Gasteiger charge is -2.60. The number of benzene rings is 1. The highest BCUT2D eigenvalue weighted by atomic mass is 32.1. The van der Waals surface area contributed by atoms with Crippen molar-refractivity contribution in [3.8, 4) is 17.3 Å². The molecule has 3 aliphatic rings. The molecule has 42 heavy (non-hydrogen) atoms. The molecule has 3 fully saturated rings. The van der Waals surface area contributed by atoms with Crippen LogP contribution in [0.4, 0.5) is 16.5 Å². The molecule has 5 heterocycles. The molecular formula is C32H35N7O2S. The highest BCUT2D eigenvalue weighted by Gasteiger charge is 2.55. The number of carbonyl (C=O) groups is 1. The Labute approximate surface area is 249 Å². The number of nitriles is 1. The van der Waals surface area contributed by atoms with Gasteiger partial charge in [0.05, 0.1) is 23.0 Å². The van der Waals surface area contributed by atoms with E-state index in [-0.39, 0.29) is 23.3 Å². The monoisotopic (exact) mass is 581 g/mol. The molecule has 1 N–H and O–H groups in total. The number of aliphatic hydroxyl groups excluding tert-OH is 1. The van der Waals surface area contributed by atoms with Crippen molar-refractivity contribution in [1.82, 2.24) is 19.5 Å². The van der Waals surface area contributed by atoms with Gasteiger partial charge >= 0.3 is 0 Å². The number of β-amino-alcohol motifs (C(OH)–C–C–N with tert-alkyl or cyclic N) is 1. The van der Waals surface area contributed by atoms with E-state index in [2.05, 4.69) is 41.8 Å². The van der Waals surface area contributed by atoms with Crippen molar-refractivity contribution in [2.24, 2.45) is 11.3 Å². The van der Waals surface area contributed by atoms with Crippen LogP contribution in [-0.4, -0.2) is 69.8 Å². The summed E-state index contributed by atoms with van der Waals surface area (Å²) in [5.74, 6) is 0.320. The summed E-state index contributed by atoms with van der Waals surface area (Å²) >= 11 is 1.41. The third-order valence-corrected chi connectivity index (χ3v) is 10.3. The Bertz CT molecular complexity index is 1730. The standard InChI is InChI=1S/C32H35N7O2S/c1-5-25-29(36(4)31-34-28(27(14-33)42-31)21-8-6-19(2)7-9-21)26-11-23(10-20(3)39(26)35-25)38-17-32(18-38)12-22(13-32)30(41)37-15-24(40)16-37/h6-11,22,24,40H,5,12-13,15-18H2,1-4H3. The molecule has 9 nitrogen and oxygen atoms in total. The number of amides is 1. The second-order valence-electron chi connectivity index (χ2n) is 12.4. The first kappa shape index (κ1) is 26.9. The van der Waals surface area contributed by atoms with Gasteiger partial charge in [0, 0.05) is 61.5 Å². The predicted octanol–water partition coefficient (Wildman–Crippen LogP) is 4.70. The average molecular weight is 582 g/mol. The number of nitrogens with zero attached hydrogens (tertiary/aromatic N) is 7. The van der Waals surface area contributed by atoms with Gasteiger partial charge in [-0.1, -0.05) is 48.1 Å². The molecule has 0 unspecified atom stereocenters. The van der Waals surface area contributed by atoms with Crippen molar-refractivity contribution in [2.75, 3.05) is 43.0 Å². The van der Waals surface area contributed by atoms with Crippen molar-refractivity contribution in [1.29, 1.82) is 5.26 Å². The zero-order valence-electron chi connectivity index (χ0n) is 24.5. The number of rotatable bonds is 6. The highest BCUT2D eigenvalue weighted by Crippen LogP contribution is 2.54. The number of pyridine rings is 1. The smallest absolute Gasteiger partial charge is 0.225 e. The molecule has 4 aromatic rings. The van der Waals surface area contributed by atoms with E-state index in [1.165, 1.54) is 22.6 Å². The number of aryl methyl sites for hydroxylation is 3. The Kier molecular flexibility index (Phi) is 6.29. The van der Waals surface area contributed by atoms with E-state index in [4.69, 9.17) is 10.1 Å².